The zero-order valence-corrected chi connectivity index (χ0v) is 32.5. The van der Waals surface area contributed by atoms with Gasteiger partial charge in [-0.05, 0) is 58.5 Å². The average molecular weight is 769 g/mol. The monoisotopic (exact) mass is 768 g/mol. The molecule has 0 saturated carbocycles. The Morgan fingerprint density at radius 3 is 2.22 bits per heavy atom. The molecule has 5 heteroatoms. The molecule has 5 heterocycles. The lowest BCUT2D eigenvalue weighted by atomic mass is 9.86. The summed E-state index contributed by atoms with van der Waals surface area (Å²) in [6.07, 6.45) is 9.23. The maximum Gasteiger partial charge on any atom is 0.165 e. The van der Waals surface area contributed by atoms with Gasteiger partial charge in [-0.1, -0.05) is 146 Å². The van der Waals surface area contributed by atoms with Gasteiger partial charge in [0.15, 0.2) is 5.82 Å². The highest BCUT2D eigenvalue weighted by Gasteiger charge is 2.43. The summed E-state index contributed by atoms with van der Waals surface area (Å²) in [4.78, 5) is 14.0. The molecule has 4 nitrogen and oxygen atoms in total. The van der Waals surface area contributed by atoms with E-state index in [2.05, 4.69) is 191 Å². The lowest BCUT2D eigenvalue weighted by Crippen LogP contribution is -2.28. The Kier molecular flexibility index (Phi) is 6.25. The van der Waals surface area contributed by atoms with Gasteiger partial charge in [-0.3, -0.25) is 4.57 Å². The van der Waals surface area contributed by atoms with Gasteiger partial charge in [0.2, 0.25) is 0 Å². The Morgan fingerprint density at radius 2 is 1.29 bits per heavy atom. The standard InChI is InChI=1S/C54H32N4S/c1-2-14-33-31(13-1)26-28-42-52(33)56-54(51(55-42)32-25-27-38-37-18-8-12-24-47(37)59-48(38)29-32)58-45-23-11-7-20-40(45)49-46(58)30-41-36-17-6-10-22-44(36)57-43-21-9-5-16-35(43)34-15-3-4-19-39(34)50(49)53(41)57/h1-30,36,44H. The number of nitrogens with zero attached hydrogens (tertiary/aromatic N) is 4. The SMILES string of the molecule is C1=CC2c3cc4c(c5c3N(c3ccccc3-c3ccccc3-5)C2C=C1)c1ccccc1n4-c1nc2c(ccc3ccccc32)nc1-c1ccc2c(c1)sc1ccccc12. The van der Waals surface area contributed by atoms with E-state index < -0.39 is 0 Å². The van der Waals surface area contributed by atoms with E-state index in [1.165, 1.54) is 70.1 Å². The Hall–Kier alpha value is -7.34. The number of fused-ring (bicyclic) bond motifs is 18. The van der Waals surface area contributed by atoms with Gasteiger partial charge in [0.1, 0.15) is 5.69 Å². The molecular formula is C54H32N4S. The second kappa shape index (κ2) is 11.6. The fourth-order valence-corrected chi connectivity index (χ4v) is 11.7. The van der Waals surface area contributed by atoms with Crippen LogP contribution in [0.4, 0.5) is 11.4 Å². The van der Waals surface area contributed by atoms with Crippen molar-refractivity contribution in [1.29, 1.82) is 0 Å². The number of hydrogen-bond acceptors (Lipinski definition) is 4. The highest BCUT2D eigenvalue weighted by molar-refractivity contribution is 7.25. The van der Waals surface area contributed by atoms with E-state index in [1.54, 1.807) is 0 Å². The van der Waals surface area contributed by atoms with Crippen molar-refractivity contribution in [1.82, 2.24) is 14.5 Å². The van der Waals surface area contributed by atoms with E-state index in [9.17, 15) is 0 Å². The van der Waals surface area contributed by atoms with E-state index in [4.69, 9.17) is 9.97 Å². The number of allylic oxidation sites excluding steroid dienone is 2. The molecule has 2 aliphatic heterocycles. The minimum atomic E-state index is 0.158. The first-order valence-electron chi connectivity index (χ1n) is 20.3. The van der Waals surface area contributed by atoms with Gasteiger partial charge in [-0.25, -0.2) is 9.97 Å². The number of hydrogen-bond donors (Lipinski definition) is 0. The Labute approximate surface area is 343 Å². The Bertz CT molecular complexity index is 3720. The van der Waals surface area contributed by atoms with Crippen molar-refractivity contribution in [3.8, 4) is 39.3 Å². The van der Waals surface area contributed by atoms with Gasteiger partial charge in [0.05, 0.1) is 33.8 Å². The number of para-hydroxylation sites is 2. The van der Waals surface area contributed by atoms with Crippen molar-refractivity contribution in [2.75, 3.05) is 4.90 Å². The van der Waals surface area contributed by atoms with Crippen LogP contribution in [-0.4, -0.2) is 20.6 Å². The number of benzene rings is 8. The van der Waals surface area contributed by atoms with Crippen molar-refractivity contribution in [3.63, 3.8) is 0 Å². The second-order valence-electron chi connectivity index (χ2n) is 16.0. The van der Waals surface area contributed by atoms with Crippen LogP contribution >= 0.6 is 11.3 Å². The van der Waals surface area contributed by atoms with Crippen LogP contribution in [0.2, 0.25) is 0 Å². The molecule has 1 aliphatic carbocycles. The average Bonchev–Trinajstić information content (AvgIpc) is 3.92. The molecule has 8 aromatic carbocycles. The summed E-state index contributed by atoms with van der Waals surface area (Å²) >= 11 is 1.84. The van der Waals surface area contributed by atoms with Crippen molar-refractivity contribution in [3.05, 3.63) is 188 Å². The summed E-state index contributed by atoms with van der Waals surface area (Å²) in [6.45, 7) is 0. The van der Waals surface area contributed by atoms with E-state index in [-0.39, 0.29) is 12.0 Å². The largest absolute Gasteiger partial charge is 0.332 e. The first-order valence-corrected chi connectivity index (χ1v) is 21.1. The van der Waals surface area contributed by atoms with Crippen LogP contribution in [-0.2, 0) is 0 Å². The summed E-state index contributed by atoms with van der Waals surface area (Å²) in [6, 6.07) is 58.0. The molecule has 2 atom stereocenters. The van der Waals surface area contributed by atoms with Gasteiger partial charge < -0.3 is 4.90 Å². The number of anilines is 2. The third-order valence-electron chi connectivity index (χ3n) is 13.0. The molecule has 0 N–H and O–H groups in total. The maximum atomic E-state index is 5.77. The van der Waals surface area contributed by atoms with E-state index in [1.807, 2.05) is 11.3 Å². The molecule has 0 radical (unpaired) electrons. The Balaban J connectivity index is 1.16. The lowest BCUT2D eigenvalue weighted by molar-refractivity contribution is 0.745. The molecule has 3 aliphatic rings. The van der Waals surface area contributed by atoms with Gasteiger partial charge in [-0.15, -0.1) is 11.3 Å². The fourth-order valence-electron chi connectivity index (χ4n) is 10.6. The smallest absolute Gasteiger partial charge is 0.165 e. The lowest BCUT2D eigenvalue weighted by Gasteiger charge is -2.30. The van der Waals surface area contributed by atoms with Crippen LogP contribution in [0.1, 0.15) is 11.5 Å². The van der Waals surface area contributed by atoms with E-state index >= 15 is 0 Å². The van der Waals surface area contributed by atoms with E-state index in [0.29, 0.717) is 0 Å². The molecular weight excluding hydrogens is 737 g/mol. The van der Waals surface area contributed by atoms with E-state index in [0.717, 1.165) is 49.9 Å². The van der Waals surface area contributed by atoms with Crippen LogP contribution < -0.4 is 4.90 Å². The minimum Gasteiger partial charge on any atom is -0.332 e. The quantitative estimate of drug-likeness (QED) is 0.164. The first kappa shape index (κ1) is 31.7. The zero-order chi connectivity index (χ0) is 38.3. The maximum absolute atomic E-state index is 5.77. The van der Waals surface area contributed by atoms with Crippen LogP contribution in [0.25, 0.3) is 103 Å². The van der Waals surface area contributed by atoms with Gasteiger partial charge in [0.25, 0.3) is 0 Å². The third-order valence-corrected chi connectivity index (χ3v) is 14.2. The van der Waals surface area contributed by atoms with Gasteiger partial charge in [0, 0.05) is 64.6 Å². The molecule has 14 rings (SSSR count). The van der Waals surface area contributed by atoms with Crippen LogP contribution in [0.5, 0.6) is 0 Å². The van der Waals surface area contributed by atoms with Crippen LogP contribution in [0, 0.1) is 0 Å². The summed E-state index contributed by atoms with van der Waals surface area (Å²) in [5.74, 6) is 1.02. The normalized spacial score (nSPS) is 16.3. The minimum absolute atomic E-state index is 0.158. The predicted octanol–water partition coefficient (Wildman–Crippen LogP) is 14.3. The molecule has 3 aromatic heterocycles. The molecule has 274 valence electrons. The summed E-state index contributed by atoms with van der Waals surface area (Å²) in [7, 11) is 0. The highest BCUT2D eigenvalue weighted by Crippen LogP contribution is 2.60. The van der Waals surface area contributed by atoms with Crippen LogP contribution in [0.15, 0.2) is 182 Å². The molecule has 0 bridgehead atoms. The molecule has 11 aromatic rings. The van der Waals surface area contributed by atoms with Crippen molar-refractivity contribution in [2.24, 2.45) is 0 Å². The molecule has 0 saturated heterocycles. The molecule has 2 unspecified atom stereocenters. The summed E-state index contributed by atoms with van der Waals surface area (Å²) < 4.78 is 4.97. The summed E-state index contributed by atoms with van der Waals surface area (Å²) in [5, 5.41) is 7.25. The fraction of sp³-hybridized carbons (Fsp3) is 0.0370. The number of rotatable bonds is 2. The van der Waals surface area contributed by atoms with Crippen molar-refractivity contribution >= 4 is 86.5 Å². The molecule has 0 spiro atoms. The van der Waals surface area contributed by atoms with Gasteiger partial charge >= 0.3 is 0 Å². The van der Waals surface area contributed by atoms with Gasteiger partial charge in [-0.2, -0.15) is 0 Å². The first-order chi connectivity index (χ1) is 29.3. The summed E-state index contributed by atoms with van der Waals surface area (Å²) in [5.41, 5.74) is 14.9. The van der Waals surface area contributed by atoms with Crippen molar-refractivity contribution < 1.29 is 0 Å². The molecule has 59 heavy (non-hydrogen) atoms. The predicted molar refractivity (Wildman–Crippen MR) is 248 cm³/mol. The Morgan fingerprint density at radius 1 is 0.542 bits per heavy atom. The van der Waals surface area contributed by atoms with Crippen molar-refractivity contribution in [2.45, 2.75) is 12.0 Å². The topological polar surface area (TPSA) is 34.0 Å². The van der Waals surface area contributed by atoms with Crippen LogP contribution in [0.3, 0.4) is 0 Å². The highest BCUT2D eigenvalue weighted by atomic mass is 32.1. The molecule has 0 amide bonds. The second-order valence-corrected chi connectivity index (χ2v) is 17.1. The zero-order valence-electron chi connectivity index (χ0n) is 31.7. The number of aromatic nitrogens is 3. The third kappa shape index (κ3) is 4.22. The molecule has 0 fully saturated rings. The number of thiophene rings is 1.